The van der Waals surface area contributed by atoms with Crippen molar-refractivity contribution >= 4 is 17.6 Å². The first kappa shape index (κ1) is 23.8. The number of carboxylic acids is 2. The van der Waals surface area contributed by atoms with Crippen LogP contribution in [0.25, 0.3) is 0 Å². The van der Waals surface area contributed by atoms with Crippen molar-refractivity contribution in [2.45, 2.75) is 50.6 Å². The molecule has 0 aromatic heterocycles. The quantitative estimate of drug-likeness (QED) is 0.664. The molecular weight excluding hydrogens is 422 g/mol. The van der Waals surface area contributed by atoms with Gasteiger partial charge in [0.1, 0.15) is 5.75 Å². The summed E-state index contributed by atoms with van der Waals surface area (Å²) >= 11 is 0. The van der Waals surface area contributed by atoms with E-state index in [0.29, 0.717) is 0 Å². The van der Waals surface area contributed by atoms with Gasteiger partial charge in [0, 0.05) is 38.3 Å². The highest BCUT2D eigenvalue weighted by Crippen LogP contribution is 2.47. The molecule has 2 bridgehead atoms. The number of aliphatic carboxylic acids is 2. The van der Waals surface area contributed by atoms with Crippen molar-refractivity contribution in [2.75, 3.05) is 51.3 Å². The molecule has 2 aliphatic heterocycles. The van der Waals surface area contributed by atoms with Gasteiger partial charge < -0.3 is 19.8 Å². The van der Waals surface area contributed by atoms with Gasteiger partial charge in [-0.05, 0) is 69.2 Å². The Morgan fingerprint density at radius 3 is 2.06 bits per heavy atom. The minimum Gasteiger partial charge on any atom is -0.495 e. The zero-order valence-electron chi connectivity index (χ0n) is 19.6. The van der Waals surface area contributed by atoms with Crippen LogP contribution in [-0.4, -0.2) is 90.4 Å². The molecule has 2 saturated carbocycles. The third-order valence-electron chi connectivity index (χ3n) is 8.11. The first-order chi connectivity index (χ1) is 16.0. The maximum absolute atomic E-state index is 9.10. The Morgan fingerprint density at radius 1 is 0.848 bits per heavy atom. The number of nitrogens with zero attached hydrogens (tertiary/aromatic N) is 3. The van der Waals surface area contributed by atoms with Gasteiger partial charge in [0.15, 0.2) is 0 Å². The average molecular weight is 460 g/mol. The lowest BCUT2D eigenvalue weighted by Gasteiger charge is -2.45. The Kier molecular flexibility index (Phi) is 7.75. The Bertz CT molecular complexity index is 806. The summed E-state index contributed by atoms with van der Waals surface area (Å²) in [6.45, 7) is 7.30. The van der Waals surface area contributed by atoms with Crippen LogP contribution in [0.5, 0.6) is 5.75 Å². The highest BCUT2D eigenvalue weighted by molar-refractivity contribution is 6.27. The second kappa shape index (κ2) is 10.7. The smallest absolute Gasteiger partial charge is 0.414 e. The molecule has 4 fully saturated rings. The fourth-order valence-corrected chi connectivity index (χ4v) is 6.46. The molecule has 1 aromatic rings. The normalized spacial score (nSPS) is 28.3. The van der Waals surface area contributed by atoms with Crippen LogP contribution in [0.2, 0.25) is 0 Å². The first-order valence-electron chi connectivity index (χ1n) is 12.3. The van der Waals surface area contributed by atoms with E-state index in [4.69, 9.17) is 24.5 Å². The molecule has 4 aliphatic rings. The summed E-state index contributed by atoms with van der Waals surface area (Å²) in [5.74, 6) is -0.535. The summed E-state index contributed by atoms with van der Waals surface area (Å²) < 4.78 is 5.56. The standard InChI is InChI=1S/C23H35N3O.C2H2O4/c1-27-23-5-3-2-4-21(23)26-14-12-24(13-15-26)20-8-10-25(11-9-20)22-17-18-6-7-19(22)16-18;3-1(4)2(5)6/h2-5,18-20,22H,6-17H2,1H3;(H,3,4)(H,5,6). The number of likely N-dealkylation sites (tertiary alicyclic amines) is 1. The molecule has 2 heterocycles. The number of hydrogen-bond donors (Lipinski definition) is 2. The van der Waals surface area contributed by atoms with Gasteiger partial charge in [-0.3, -0.25) is 9.80 Å². The summed E-state index contributed by atoms with van der Waals surface area (Å²) in [6, 6.07) is 10.2. The molecule has 1 aromatic carbocycles. The van der Waals surface area contributed by atoms with Gasteiger partial charge in [0.2, 0.25) is 0 Å². The number of fused-ring (bicyclic) bond motifs is 2. The Morgan fingerprint density at radius 2 is 1.52 bits per heavy atom. The molecule has 5 rings (SSSR count). The number of carboxylic acid groups (broad SMARTS) is 2. The molecule has 8 heteroatoms. The number of piperazine rings is 1. The van der Waals surface area contributed by atoms with Gasteiger partial charge in [0.25, 0.3) is 0 Å². The molecule has 3 atom stereocenters. The number of methoxy groups -OCH3 is 1. The van der Waals surface area contributed by atoms with Gasteiger partial charge >= 0.3 is 11.9 Å². The maximum Gasteiger partial charge on any atom is 0.414 e. The minimum absolute atomic E-state index is 0.805. The summed E-state index contributed by atoms with van der Waals surface area (Å²) in [7, 11) is 1.78. The van der Waals surface area contributed by atoms with Crippen LogP contribution in [0.15, 0.2) is 24.3 Å². The third kappa shape index (κ3) is 5.61. The van der Waals surface area contributed by atoms with E-state index in [-0.39, 0.29) is 0 Å². The first-order valence-corrected chi connectivity index (χ1v) is 12.3. The summed E-state index contributed by atoms with van der Waals surface area (Å²) in [5, 5.41) is 14.8. The number of rotatable bonds is 4. The number of hydrogen-bond acceptors (Lipinski definition) is 6. The van der Waals surface area contributed by atoms with Crippen molar-refractivity contribution in [1.82, 2.24) is 9.80 Å². The SMILES string of the molecule is COc1ccccc1N1CCN(C2CCN(C3CC4CCC3C4)CC2)CC1.O=C(O)C(=O)O. The third-order valence-corrected chi connectivity index (χ3v) is 8.11. The molecule has 3 unspecified atom stereocenters. The average Bonchev–Trinajstić information content (AvgIpc) is 3.49. The van der Waals surface area contributed by atoms with Gasteiger partial charge in [-0.25, -0.2) is 9.59 Å². The van der Waals surface area contributed by atoms with E-state index in [0.717, 1.165) is 42.8 Å². The fraction of sp³-hybridized carbons (Fsp3) is 0.680. The zero-order chi connectivity index (χ0) is 23.4. The van der Waals surface area contributed by atoms with E-state index < -0.39 is 11.9 Å². The largest absolute Gasteiger partial charge is 0.495 e. The van der Waals surface area contributed by atoms with Crippen molar-refractivity contribution in [3.63, 3.8) is 0 Å². The van der Waals surface area contributed by atoms with Crippen molar-refractivity contribution in [3.05, 3.63) is 24.3 Å². The molecule has 8 nitrogen and oxygen atoms in total. The maximum atomic E-state index is 9.10. The predicted octanol–water partition coefficient (Wildman–Crippen LogP) is 2.63. The number of carbonyl (C=O) groups is 2. The van der Waals surface area contributed by atoms with E-state index in [1.165, 1.54) is 70.4 Å². The Balaban J connectivity index is 0.000000385. The highest BCUT2D eigenvalue weighted by atomic mass is 16.5. The number of anilines is 1. The molecule has 2 saturated heterocycles. The number of piperidine rings is 1. The van der Waals surface area contributed by atoms with Gasteiger partial charge in [-0.1, -0.05) is 18.6 Å². The lowest BCUT2D eigenvalue weighted by atomic mass is 9.91. The molecule has 0 radical (unpaired) electrons. The van der Waals surface area contributed by atoms with Crippen LogP contribution >= 0.6 is 0 Å². The Hall–Kier alpha value is -2.32. The number of ether oxygens (including phenoxy) is 1. The van der Waals surface area contributed by atoms with Crippen LogP contribution in [0.1, 0.15) is 38.5 Å². The zero-order valence-corrected chi connectivity index (χ0v) is 19.6. The molecular formula is C25H37N3O5. The van der Waals surface area contributed by atoms with Crippen LogP contribution in [0, 0.1) is 11.8 Å². The number of benzene rings is 1. The predicted molar refractivity (Wildman–Crippen MR) is 126 cm³/mol. The van der Waals surface area contributed by atoms with Gasteiger partial charge in [0.05, 0.1) is 12.8 Å². The Labute approximate surface area is 196 Å². The van der Waals surface area contributed by atoms with Crippen molar-refractivity contribution in [2.24, 2.45) is 11.8 Å². The van der Waals surface area contributed by atoms with Crippen LogP contribution in [0.3, 0.4) is 0 Å². The second-order valence-corrected chi connectivity index (χ2v) is 9.81. The minimum atomic E-state index is -1.82. The van der Waals surface area contributed by atoms with E-state index in [2.05, 4.69) is 39.0 Å². The van der Waals surface area contributed by atoms with Crippen molar-refractivity contribution in [3.8, 4) is 5.75 Å². The molecule has 0 spiro atoms. The number of para-hydroxylation sites is 2. The monoisotopic (exact) mass is 459 g/mol. The van der Waals surface area contributed by atoms with E-state index in [1.807, 2.05) is 0 Å². The second-order valence-electron chi connectivity index (χ2n) is 9.81. The summed E-state index contributed by atoms with van der Waals surface area (Å²) in [6.07, 6.45) is 8.84. The van der Waals surface area contributed by atoms with Crippen LogP contribution in [0.4, 0.5) is 5.69 Å². The molecule has 2 N–H and O–H groups in total. The van der Waals surface area contributed by atoms with Gasteiger partial charge in [-0.2, -0.15) is 0 Å². The van der Waals surface area contributed by atoms with Crippen LogP contribution in [-0.2, 0) is 9.59 Å². The van der Waals surface area contributed by atoms with E-state index >= 15 is 0 Å². The van der Waals surface area contributed by atoms with Crippen molar-refractivity contribution in [1.29, 1.82) is 0 Å². The molecule has 182 valence electrons. The van der Waals surface area contributed by atoms with E-state index in [9.17, 15) is 0 Å². The van der Waals surface area contributed by atoms with Crippen LogP contribution < -0.4 is 9.64 Å². The summed E-state index contributed by atoms with van der Waals surface area (Å²) in [5.41, 5.74) is 1.26. The lowest BCUT2D eigenvalue weighted by Crippen LogP contribution is -2.54. The van der Waals surface area contributed by atoms with E-state index in [1.54, 1.807) is 7.11 Å². The molecule has 33 heavy (non-hydrogen) atoms. The highest BCUT2D eigenvalue weighted by Gasteiger charge is 2.43. The summed E-state index contributed by atoms with van der Waals surface area (Å²) in [4.78, 5) is 26.3. The molecule has 2 aliphatic carbocycles. The fourth-order valence-electron chi connectivity index (χ4n) is 6.46. The lowest BCUT2D eigenvalue weighted by molar-refractivity contribution is -0.159. The van der Waals surface area contributed by atoms with Crippen molar-refractivity contribution < 1.29 is 24.5 Å². The van der Waals surface area contributed by atoms with Gasteiger partial charge in [-0.15, -0.1) is 0 Å². The molecule has 0 amide bonds. The topological polar surface area (TPSA) is 93.5 Å².